The van der Waals surface area contributed by atoms with Crippen molar-refractivity contribution < 1.29 is 13.2 Å². The van der Waals surface area contributed by atoms with E-state index >= 15 is 0 Å². The summed E-state index contributed by atoms with van der Waals surface area (Å²) in [6.07, 6.45) is 1.19. The minimum atomic E-state index is -3.87. The Morgan fingerprint density at radius 3 is 1.78 bits per heavy atom. The van der Waals surface area contributed by atoms with Crippen LogP contribution in [-0.4, -0.2) is 15.5 Å². The van der Waals surface area contributed by atoms with E-state index in [0.29, 0.717) is 11.8 Å². The molecule has 0 saturated heterocycles. The number of rotatable bonds is 2. The molecule has 1 atom stereocenters. The molecule has 0 saturated carbocycles. The predicted octanol–water partition coefficient (Wildman–Crippen LogP) is 3.20. The molecule has 56 valence electrons. The molecule has 0 aliphatic rings. The summed E-state index contributed by atoms with van der Waals surface area (Å²) >= 11 is 6.77. The van der Waals surface area contributed by atoms with E-state index in [1.807, 2.05) is 0 Å². The highest BCUT2D eigenvalue weighted by atomic mass is 79.9. The lowest BCUT2D eigenvalue weighted by molar-refractivity contribution is 0.0358. The summed E-state index contributed by atoms with van der Waals surface area (Å²) in [5.41, 5.74) is 0. The van der Waals surface area contributed by atoms with Crippen LogP contribution in [0.1, 0.15) is 0 Å². The normalized spacial score (nSPS) is 19.3. The monoisotopic (exact) mass is 242 g/mol. The molecule has 0 aliphatic heterocycles. The maximum atomic E-state index is 12.3. The molecule has 0 radical (unpaired) electrons. The number of hydrogen-bond acceptors (Lipinski definition) is 1. The van der Waals surface area contributed by atoms with Gasteiger partial charge in [-0.15, -0.1) is 11.8 Å². The Bertz CT molecular complexity index is 102. The van der Waals surface area contributed by atoms with Crippen LogP contribution in [0.15, 0.2) is 0 Å². The first-order valence-corrected chi connectivity index (χ1v) is 4.20. The molecule has 0 bridgehead atoms. The van der Waals surface area contributed by atoms with Gasteiger partial charge >= 0.3 is 5.38 Å². The molecule has 9 heavy (non-hydrogen) atoms. The van der Waals surface area contributed by atoms with E-state index in [2.05, 4.69) is 27.5 Å². The lowest BCUT2D eigenvalue weighted by Crippen LogP contribution is -2.29. The van der Waals surface area contributed by atoms with E-state index < -0.39 is 9.29 Å². The van der Waals surface area contributed by atoms with E-state index in [1.165, 1.54) is 6.26 Å². The van der Waals surface area contributed by atoms with Gasteiger partial charge in [0.05, 0.1) is 0 Å². The summed E-state index contributed by atoms with van der Waals surface area (Å²) in [5, 5.41) is -3.87. The van der Waals surface area contributed by atoms with Crippen LogP contribution >= 0.6 is 39.3 Å². The van der Waals surface area contributed by atoms with Gasteiger partial charge in [0.15, 0.2) is 0 Å². The number of thioether (sulfide) groups is 1. The van der Waals surface area contributed by atoms with Gasteiger partial charge in [-0.25, -0.2) is 4.39 Å². The van der Waals surface area contributed by atoms with Crippen molar-refractivity contribution in [2.24, 2.45) is 0 Å². The van der Waals surface area contributed by atoms with E-state index in [9.17, 15) is 13.2 Å². The van der Waals surface area contributed by atoms with Crippen molar-refractivity contribution >= 4 is 39.3 Å². The summed E-state index contributed by atoms with van der Waals surface area (Å²) in [6.45, 7) is 0. The minimum Gasteiger partial charge on any atom is -0.211 e. The molecule has 0 aliphatic carbocycles. The van der Waals surface area contributed by atoms with Crippen molar-refractivity contribution in [3.8, 4) is 0 Å². The fourth-order valence-corrected chi connectivity index (χ4v) is 0.579. The van der Waals surface area contributed by atoms with Gasteiger partial charge in [0.2, 0.25) is 0 Å². The second kappa shape index (κ2) is 2.88. The second-order valence-corrected chi connectivity index (χ2v) is 4.28. The maximum Gasteiger partial charge on any atom is 0.374 e. The molecule has 0 aromatic carbocycles. The highest BCUT2D eigenvalue weighted by Crippen LogP contribution is 2.47. The topological polar surface area (TPSA) is 0 Å². The minimum absolute atomic E-state index is 0.302. The number of halogens is 5. The summed E-state index contributed by atoms with van der Waals surface area (Å²) in [7, 11) is 0. The first-order valence-electron chi connectivity index (χ1n) is 1.81. The Balaban J connectivity index is 4.14. The van der Waals surface area contributed by atoms with Gasteiger partial charge in [-0.05, 0) is 33.8 Å². The molecule has 6 heteroatoms. The molecule has 0 fully saturated rings. The van der Waals surface area contributed by atoms with Crippen LogP contribution in [0.4, 0.5) is 13.2 Å². The quantitative estimate of drug-likeness (QED) is 0.671. The third-order valence-corrected chi connectivity index (χ3v) is 3.43. The Labute approximate surface area is 68.3 Å². The zero-order valence-electron chi connectivity index (χ0n) is 4.30. The summed E-state index contributed by atoms with van der Waals surface area (Å²) in [6, 6.07) is 0. The predicted molar refractivity (Wildman–Crippen MR) is 37.1 cm³/mol. The third-order valence-electron chi connectivity index (χ3n) is 0.586. The standard InChI is InChI=1S/C3H3BrClF3S/c1-9-2(4,6)3(5,7)8/h1H3. The van der Waals surface area contributed by atoms with Crippen molar-refractivity contribution in [2.75, 3.05) is 6.26 Å². The highest BCUT2D eigenvalue weighted by Gasteiger charge is 2.51. The van der Waals surface area contributed by atoms with Crippen LogP contribution in [0, 0.1) is 0 Å². The Morgan fingerprint density at radius 1 is 1.44 bits per heavy atom. The number of alkyl halides is 5. The molecule has 0 nitrogen and oxygen atoms in total. The Morgan fingerprint density at radius 2 is 1.78 bits per heavy atom. The van der Waals surface area contributed by atoms with Gasteiger partial charge in [-0.3, -0.25) is 0 Å². The molecular formula is C3H3BrClF3S. The average Bonchev–Trinajstić information content (AvgIpc) is 1.64. The van der Waals surface area contributed by atoms with Gasteiger partial charge < -0.3 is 0 Å². The van der Waals surface area contributed by atoms with E-state index in [4.69, 9.17) is 0 Å². The molecule has 0 spiro atoms. The highest BCUT2D eigenvalue weighted by molar-refractivity contribution is 9.11. The third kappa shape index (κ3) is 2.55. The molecule has 0 amide bonds. The van der Waals surface area contributed by atoms with Crippen molar-refractivity contribution in [1.29, 1.82) is 0 Å². The van der Waals surface area contributed by atoms with Gasteiger partial charge in [-0.1, -0.05) is 0 Å². The maximum absolute atomic E-state index is 12.3. The molecule has 0 aromatic rings. The largest absolute Gasteiger partial charge is 0.374 e. The van der Waals surface area contributed by atoms with Crippen molar-refractivity contribution in [2.45, 2.75) is 9.29 Å². The first kappa shape index (κ1) is 9.91. The fraction of sp³-hybridized carbons (Fsp3) is 1.00. The zero-order valence-corrected chi connectivity index (χ0v) is 7.46. The van der Waals surface area contributed by atoms with E-state index in [1.54, 1.807) is 0 Å². The van der Waals surface area contributed by atoms with Crippen LogP contribution in [0.2, 0.25) is 0 Å². The fourth-order valence-electron chi connectivity index (χ4n) is 0.116. The molecule has 0 aromatic heterocycles. The average molecular weight is 243 g/mol. The molecule has 0 heterocycles. The van der Waals surface area contributed by atoms with Gasteiger partial charge in [0.1, 0.15) is 0 Å². The van der Waals surface area contributed by atoms with Gasteiger partial charge in [-0.2, -0.15) is 8.78 Å². The second-order valence-electron chi connectivity index (χ2n) is 1.22. The summed E-state index contributed by atoms with van der Waals surface area (Å²) < 4.78 is 33.1. The van der Waals surface area contributed by atoms with E-state index in [0.717, 1.165) is 0 Å². The van der Waals surface area contributed by atoms with Gasteiger partial charge in [0.25, 0.3) is 3.91 Å². The summed E-state index contributed by atoms with van der Waals surface area (Å²) in [5.74, 6) is 0. The van der Waals surface area contributed by atoms with E-state index in [-0.39, 0.29) is 0 Å². The molecule has 0 N–H and O–H groups in total. The van der Waals surface area contributed by atoms with Gasteiger partial charge in [0, 0.05) is 0 Å². The van der Waals surface area contributed by atoms with Crippen LogP contribution in [0.5, 0.6) is 0 Å². The molecule has 1 unspecified atom stereocenters. The molecule has 0 rings (SSSR count). The first-order chi connectivity index (χ1) is 3.81. The van der Waals surface area contributed by atoms with Crippen molar-refractivity contribution in [3.05, 3.63) is 0 Å². The SMILES string of the molecule is CSC(F)(Br)C(F)(F)Cl. The lowest BCUT2D eigenvalue weighted by Gasteiger charge is -2.19. The van der Waals surface area contributed by atoms with Crippen LogP contribution in [0.25, 0.3) is 0 Å². The van der Waals surface area contributed by atoms with Crippen LogP contribution in [-0.2, 0) is 0 Å². The Hall–Kier alpha value is 0.910. The molecular weight excluding hydrogens is 240 g/mol. The lowest BCUT2D eigenvalue weighted by atomic mass is 10.8. The van der Waals surface area contributed by atoms with Crippen LogP contribution in [0.3, 0.4) is 0 Å². The van der Waals surface area contributed by atoms with Crippen LogP contribution < -0.4 is 0 Å². The van der Waals surface area contributed by atoms with Crippen molar-refractivity contribution in [3.63, 3.8) is 0 Å². The smallest absolute Gasteiger partial charge is 0.211 e. The number of hydrogen-bond donors (Lipinski definition) is 0. The van der Waals surface area contributed by atoms with Crippen molar-refractivity contribution in [1.82, 2.24) is 0 Å². The Kier molecular flexibility index (Phi) is 3.17. The summed E-state index contributed by atoms with van der Waals surface area (Å²) in [4.78, 5) is 0. The zero-order chi connectivity index (χ0) is 7.71.